The van der Waals surface area contributed by atoms with Gasteiger partial charge in [0.05, 0.1) is 0 Å². The van der Waals surface area contributed by atoms with Gasteiger partial charge in [-0.1, -0.05) is 42.1 Å². The minimum atomic E-state index is 0.531. The predicted molar refractivity (Wildman–Crippen MR) is 61.4 cm³/mol. The fourth-order valence-electron chi connectivity index (χ4n) is 1.10. The standard InChI is InChI=1S/C11H10N2OS/c1-15-11-13-12-10(14-11)8-7-9-5-3-2-4-6-9/h2-8H,1H3. The van der Waals surface area contributed by atoms with Crippen molar-refractivity contribution >= 4 is 23.9 Å². The fourth-order valence-corrected chi connectivity index (χ4v) is 1.39. The van der Waals surface area contributed by atoms with Gasteiger partial charge in [0.1, 0.15) is 0 Å². The summed E-state index contributed by atoms with van der Waals surface area (Å²) >= 11 is 1.44. The van der Waals surface area contributed by atoms with Crippen LogP contribution in [0.5, 0.6) is 0 Å². The molecule has 3 nitrogen and oxygen atoms in total. The zero-order chi connectivity index (χ0) is 10.5. The smallest absolute Gasteiger partial charge is 0.276 e. The van der Waals surface area contributed by atoms with Gasteiger partial charge >= 0.3 is 0 Å². The maximum absolute atomic E-state index is 5.31. The Labute approximate surface area is 92.2 Å². The molecule has 0 fully saturated rings. The maximum Gasteiger partial charge on any atom is 0.276 e. The lowest BCUT2D eigenvalue weighted by molar-refractivity contribution is 0.447. The maximum atomic E-state index is 5.31. The molecule has 0 bridgehead atoms. The summed E-state index contributed by atoms with van der Waals surface area (Å²) < 4.78 is 5.31. The molecular weight excluding hydrogens is 208 g/mol. The number of hydrogen-bond acceptors (Lipinski definition) is 4. The molecule has 0 amide bonds. The Morgan fingerprint density at radius 2 is 1.93 bits per heavy atom. The molecule has 0 radical (unpaired) electrons. The number of rotatable bonds is 3. The molecule has 0 aliphatic heterocycles. The van der Waals surface area contributed by atoms with E-state index in [1.807, 2.05) is 48.7 Å². The van der Waals surface area contributed by atoms with Crippen molar-refractivity contribution < 1.29 is 4.42 Å². The number of benzene rings is 1. The van der Waals surface area contributed by atoms with Crippen LogP contribution in [0.4, 0.5) is 0 Å². The highest BCUT2D eigenvalue weighted by atomic mass is 32.2. The molecule has 0 atom stereocenters. The second-order valence-corrected chi connectivity index (χ2v) is 3.61. The number of aromatic nitrogens is 2. The molecular formula is C11H10N2OS. The third-order valence-corrected chi connectivity index (χ3v) is 2.33. The van der Waals surface area contributed by atoms with Crippen LogP contribution in [0.3, 0.4) is 0 Å². The average molecular weight is 218 g/mol. The number of nitrogens with zero attached hydrogens (tertiary/aromatic N) is 2. The molecule has 0 saturated carbocycles. The van der Waals surface area contributed by atoms with Gasteiger partial charge in [-0.3, -0.25) is 0 Å². The van der Waals surface area contributed by atoms with E-state index in [2.05, 4.69) is 10.2 Å². The summed E-state index contributed by atoms with van der Waals surface area (Å²) in [6.07, 6.45) is 5.65. The first-order valence-corrected chi connectivity index (χ1v) is 5.71. The van der Waals surface area contributed by atoms with Gasteiger partial charge in [-0.05, 0) is 17.9 Å². The van der Waals surface area contributed by atoms with Gasteiger partial charge in [0.2, 0.25) is 5.89 Å². The van der Waals surface area contributed by atoms with Crippen molar-refractivity contribution in [2.45, 2.75) is 5.22 Å². The fraction of sp³-hybridized carbons (Fsp3) is 0.0909. The Morgan fingerprint density at radius 3 is 2.60 bits per heavy atom. The van der Waals surface area contributed by atoms with Crippen LogP contribution in [-0.4, -0.2) is 16.5 Å². The zero-order valence-electron chi connectivity index (χ0n) is 8.25. The molecule has 1 heterocycles. The van der Waals surface area contributed by atoms with Gasteiger partial charge < -0.3 is 4.42 Å². The molecule has 2 aromatic rings. The van der Waals surface area contributed by atoms with Crippen molar-refractivity contribution in [3.05, 3.63) is 41.8 Å². The lowest BCUT2D eigenvalue weighted by Crippen LogP contribution is -1.72. The Balaban J connectivity index is 2.11. The minimum absolute atomic E-state index is 0.531. The van der Waals surface area contributed by atoms with Crippen LogP contribution >= 0.6 is 11.8 Å². The molecule has 0 aliphatic carbocycles. The second kappa shape index (κ2) is 4.79. The third kappa shape index (κ3) is 2.70. The summed E-state index contributed by atoms with van der Waals surface area (Å²) in [5.74, 6) is 0.531. The van der Waals surface area contributed by atoms with Crippen LogP contribution in [0.1, 0.15) is 11.5 Å². The molecule has 4 heteroatoms. The highest BCUT2D eigenvalue weighted by molar-refractivity contribution is 7.98. The van der Waals surface area contributed by atoms with Gasteiger partial charge in [-0.2, -0.15) is 0 Å². The quantitative estimate of drug-likeness (QED) is 0.742. The molecule has 0 unspecified atom stereocenters. The molecule has 0 N–H and O–H groups in total. The topological polar surface area (TPSA) is 38.9 Å². The van der Waals surface area contributed by atoms with E-state index >= 15 is 0 Å². The molecule has 2 rings (SSSR count). The van der Waals surface area contributed by atoms with E-state index in [4.69, 9.17) is 4.42 Å². The van der Waals surface area contributed by atoms with Crippen molar-refractivity contribution in [1.82, 2.24) is 10.2 Å². The van der Waals surface area contributed by atoms with Crippen molar-refractivity contribution in [3.63, 3.8) is 0 Å². The molecule has 76 valence electrons. The first-order chi connectivity index (χ1) is 7.38. The van der Waals surface area contributed by atoms with Gasteiger partial charge in [0, 0.05) is 6.08 Å². The lowest BCUT2D eigenvalue weighted by atomic mass is 10.2. The number of hydrogen-bond donors (Lipinski definition) is 0. The Bertz CT molecular complexity index is 451. The van der Waals surface area contributed by atoms with Gasteiger partial charge in [-0.25, -0.2) is 0 Å². The molecule has 1 aromatic heterocycles. The first-order valence-electron chi connectivity index (χ1n) is 4.49. The van der Waals surface area contributed by atoms with Crippen molar-refractivity contribution in [2.24, 2.45) is 0 Å². The van der Waals surface area contributed by atoms with E-state index in [-0.39, 0.29) is 0 Å². The van der Waals surface area contributed by atoms with Gasteiger partial charge in [0.15, 0.2) is 0 Å². The van der Waals surface area contributed by atoms with E-state index in [1.165, 1.54) is 11.8 Å². The Morgan fingerprint density at radius 1 is 1.13 bits per heavy atom. The van der Waals surface area contributed by atoms with E-state index in [1.54, 1.807) is 0 Å². The predicted octanol–water partition coefficient (Wildman–Crippen LogP) is 2.96. The van der Waals surface area contributed by atoms with Crippen LogP contribution in [0.2, 0.25) is 0 Å². The third-order valence-electron chi connectivity index (χ3n) is 1.81. The molecule has 15 heavy (non-hydrogen) atoms. The first kappa shape index (κ1) is 9.98. The van der Waals surface area contributed by atoms with Crippen LogP contribution in [0.15, 0.2) is 40.0 Å². The van der Waals surface area contributed by atoms with E-state index in [0.29, 0.717) is 11.1 Å². The Kier molecular flexibility index (Phi) is 3.19. The van der Waals surface area contributed by atoms with Crippen LogP contribution in [0, 0.1) is 0 Å². The number of thioether (sulfide) groups is 1. The van der Waals surface area contributed by atoms with E-state index in [0.717, 1.165) is 5.56 Å². The normalized spacial score (nSPS) is 11.0. The summed E-state index contributed by atoms with van der Waals surface area (Å²) in [6.45, 7) is 0. The van der Waals surface area contributed by atoms with Gasteiger partial charge in [0.25, 0.3) is 5.22 Å². The molecule has 0 spiro atoms. The molecule has 1 aromatic carbocycles. The SMILES string of the molecule is CSc1nnc(C=Cc2ccccc2)o1. The monoisotopic (exact) mass is 218 g/mol. The van der Waals surface area contributed by atoms with Crippen molar-refractivity contribution in [2.75, 3.05) is 6.26 Å². The van der Waals surface area contributed by atoms with Crippen molar-refractivity contribution in [3.8, 4) is 0 Å². The van der Waals surface area contributed by atoms with Crippen LogP contribution in [0.25, 0.3) is 12.2 Å². The second-order valence-electron chi connectivity index (χ2n) is 2.85. The Hall–Kier alpha value is -1.55. The minimum Gasteiger partial charge on any atom is -0.412 e. The molecule has 0 saturated heterocycles. The highest BCUT2D eigenvalue weighted by Crippen LogP contribution is 2.13. The summed E-state index contributed by atoms with van der Waals surface area (Å²) in [7, 11) is 0. The zero-order valence-corrected chi connectivity index (χ0v) is 9.07. The van der Waals surface area contributed by atoms with E-state index in [9.17, 15) is 0 Å². The van der Waals surface area contributed by atoms with Crippen LogP contribution in [-0.2, 0) is 0 Å². The summed E-state index contributed by atoms with van der Waals surface area (Å²) in [4.78, 5) is 0. The van der Waals surface area contributed by atoms with Crippen LogP contribution < -0.4 is 0 Å². The van der Waals surface area contributed by atoms with Crippen molar-refractivity contribution in [1.29, 1.82) is 0 Å². The largest absolute Gasteiger partial charge is 0.412 e. The highest BCUT2D eigenvalue weighted by Gasteiger charge is 1.99. The van der Waals surface area contributed by atoms with Gasteiger partial charge in [-0.15, -0.1) is 10.2 Å². The molecule has 0 aliphatic rings. The summed E-state index contributed by atoms with van der Waals surface area (Å²) in [6, 6.07) is 9.99. The average Bonchev–Trinajstić information content (AvgIpc) is 2.76. The summed E-state index contributed by atoms with van der Waals surface area (Å²) in [5, 5.41) is 8.31. The lowest BCUT2D eigenvalue weighted by Gasteiger charge is -1.88. The van der Waals surface area contributed by atoms with E-state index < -0.39 is 0 Å². The summed E-state index contributed by atoms with van der Waals surface area (Å²) in [5.41, 5.74) is 1.11.